The van der Waals surface area contributed by atoms with Gasteiger partial charge in [0.15, 0.2) is 0 Å². The number of methoxy groups -OCH3 is 1. The zero-order chi connectivity index (χ0) is 16.2. The first-order valence-corrected chi connectivity index (χ1v) is 8.06. The molecule has 0 radical (unpaired) electrons. The van der Waals surface area contributed by atoms with Crippen LogP contribution in [0.4, 0.5) is 4.79 Å². The van der Waals surface area contributed by atoms with Crippen LogP contribution in [0.15, 0.2) is 24.3 Å². The van der Waals surface area contributed by atoms with Crippen LogP contribution in [-0.4, -0.2) is 37.2 Å². The van der Waals surface area contributed by atoms with E-state index >= 15 is 0 Å². The van der Waals surface area contributed by atoms with Crippen molar-refractivity contribution in [2.24, 2.45) is 0 Å². The van der Waals surface area contributed by atoms with Gasteiger partial charge in [0.2, 0.25) is 0 Å². The highest BCUT2D eigenvalue weighted by Crippen LogP contribution is 2.22. The maximum atomic E-state index is 11.4. The third-order valence-corrected chi connectivity index (χ3v) is 4.34. The molecule has 0 spiro atoms. The zero-order valence-electron chi connectivity index (χ0n) is 14.2. The molecule has 0 aromatic heterocycles. The van der Waals surface area contributed by atoms with Crippen molar-refractivity contribution in [1.82, 2.24) is 10.2 Å². The fourth-order valence-electron chi connectivity index (χ4n) is 2.78. The molecular weight excluding hydrogens is 276 g/mol. The standard InChI is InChI=1S/C18H28N2O2/c1-18(2,3)15-7-5-14(6-8-15)13-19-16-9-11-20(12-10-16)17(21)22-4/h5-8,16,19H,9-13H2,1-4H3. The lowest BCUT2D eigenvalue weighted by atomic mass is 9.87. The molecule has 4 nitrogen and oxygen atoms in total. The quantitative estimate of drug-likeness (QED) is 0.931. The van der Waals surface area contributed by atoms with E-state index in [0.717, 1.165) is 32.5 Å². The van der Waals surface area contributed by atoms with E-state index in [4.69, 9.17) is 4.74 Å². The van der Waals surface area contributed by atoms with Gasteiger partial charge in [-0.2, -0.15) is 0 Å². The number of nitrogens with zero attached hydrogens (tertiary/aromatic N) is 1. The van der Waals surface area contributed by atoms with Crippen molar-refractivity contribution in [2.45, 2.75) is 51.6 Å². The van der Waals surface area contributed by atoms with Gasteiger partial charge >= 0.3 is 6.09 Å². The molecule has 1 heterocycles. The van der Waals surface area contributed by atoms with E-state index < -0.39 is 0 Å². The Morgan fingerprint density at radius 1 is 1.23 bits per heavy atom. The Labute approximate surface area is 133 Å². The molecule has 1 aromatic carbocycles. The molecule has 2 rings (SSSR count). The first-order valence-electron chi connectivity index (χ1n) is 8.06. The molecule has 0 atom stereocenters. The highest BCUT2D eigenvalue weighted by atomic mass is 16.5. The zero-order valence-corrected chi connectivity index (χ0v) is 14.2. The molecule has 0 aliphatic carbocycles. The largest absolute Gasteiger partial charge is 0.453 e. The number of benzene rings is 1. The summed E-state index contributed by atoms with van der Waals surface area (Å²) in [7, 11) is 1.44. The third kappa shape index (κ3) is 4.47. The maximum Gasteiger partial charge on any atom is 0.409 e. The molecule has 0 bridgehead atoms. The average molecular weight is 304 g/mol. The number of carbonyl (C=O) groups excluding carboxylic acids is 1. The third-order valence-electron chi connectivity index (χ3n) is 4.34. The van der Waals surface area contributed by atoms with Crippen LogP contribution in [-0.2, 0) is 16.7 Å². The fraction of sp³-hybridized carbons (Fsp3) is 0.611. The van der Waals surface area contributed by atoms with Gasteiger partial charge in [0.25, 0.3) is 0 Å². The van der Waals surface area contributed by atoms with Gasteiger partial charge in [0, 0.05) is 25.7 Å². The Bertz CT molecular complexity index is 483. The molecule has 1 aliphatic heterocycles. The number of piperidine rings is 1. The Hall–Kier alpha value is -1.55. The van der Waals surface area contributed by atoms with E-state index in [1.807, 2.05) is 0 Å². The second-order valence-electron chi connectivity index (χ2n) is 7.06. The molecule has 0 unspecified atom stereocenters. The molecule has 1 aromatic rings. The number of amides is 1. The van der Waals surface area contributed by atoms with Crippen LogP contribution in [0.3, 0.4) is 0 Å². The van der Waals surface area contributed by atoms with Crippen LogP contribution >= 0.6 is 0 Å². The molecule has 122 valence electrons. The summed E-state index contributed by atoms with van der Waals surface area (Å²) >= 11 is 0. The number of hydrogen-bond acceptors (Lipinski definition) is 3. The fourth-order valence-corrected chi connectivity index (χ4v) is 2.78. The van der Waals surface area contributed by atoms with Crippen LogP contribution in [0.5, 0.6) is 0 Å². The molecule has 1 aliphatic rings. The molecule has 22 heavy (non-hydrogen) atoms. The topological polar surface area (TPSA) is 41.6 Å². The number of rotatable bonds is 3. The summed E-state index contributed by atoms with van der Waals surface area (Å²) in [5.74, 6) is 0. The molecule has 0 saturated carbocycles. The van der Waals surface area contributed by atoms with Crippen LogP contribution in [0.2, 0.25) is 0 Å². The molecule has 1 saturated heterocycles. The predicted molar refractivity (Wildman–Crippen MR) is 89.0 cm³/mol. The van der Waals surface area contributed by atoms with Crippen molar-refractivity contribution < 1.29 is 9.53 Å². The average Bonchev–Trinajstić information content (AvgIpc) is 2.52. The maximum absolute atomic E-state index is 11.4. The summed E-state index contributed by atoms with van der Waals surface area (Å²) in [5, 5.41) is 3.59. The van der Waals surface area contributed by atoms with E-state index in [0.29, 0.717) is 6.04 Å². The Morgan fingerprint density at radius 3 is 2.32 bits per heavy atom. The lowest BCUT2D eigenvalue weighted by molar-refractivity contribution is 0.109. The van der Waals surface area contributed by atoms with Gasteiger partial charge in [-0.25, -0.2) is 4.79 Å². The highest BCUT2D eigenvalue weighted by Gasteiger charge is 2.22. The summed E-state index contributed by atoms with van der Waals surface area (Å²) < 4.78 is 4.76. The van der Waals surface area contributed by atoms with Crippen molar-refractivity contribution in [3.8, 4) is 0 Å². The molecule has 1 fully saturated rings. The second-order valence-corrected chi connectivity index (χ2v) is 7.06. The summed E-state index contributed by atoms with van der Waals surface area (Å²) in [5.41, 5.74) is 2.87. The minimum absolute atomic E-state index is 0.201. The van der Waals surface area contributed by atoms with E-state index in [9.17, 15) is 4.79 Å². The van der Waals surface area contributed by atoms with E-state index in [1.54, 1.807) is 4.90 Å². The second kappa shape index (κ2) is 7.14. The van der Waals surface area contributed by atoms with Gasteiger partial charge in [-0.05, 0) is 29.4 Å². The Balaban J connectivity index is 1.78. The lowest BCUT2D eigenvalue weighted by Gasteiger charge is -2.31. The minimum Gasteiger partial charge on any atom is -0.453 e. The SMILES string of the molecule is COC(=O)N1CCC(NCc2ccc(C(C)(C)C)cc2)CC1. The molecule has 4 heteroatoms. The number of carbonyl (C=O) groups is 1. The van der Waals surface area contributed by atoms with Gasteiger partial charge in [0.05, 0.1) is 7.11 Å². The highest BCUT2D eigenvalue weighted by molar-refractivity contribution is 5.67. The summed E-state index contributed by atoms with van der Waals surface area (Å²) in [6, 6.07) is 9.32. The predicted octanol–water partition coefficient (Wildman–Crippen LogP) is 3.30. The summed E-state index contributed by atoms with van der Waals surface area (Å²) in [6.45, 7) is 9.12. The van der Waals surface area contributed by atoms with Gasteiger partial charge < -0.3 is 15.0 Å². The first kappa shape index (κ1) is 16.8. The van der Waals surface area contributed by atoms with Gasteiger partial charge in [0.1, 0.15) is 0 Å². The molecular formula is C18H28N2O2. The van der Waals surface area contributed by atoms with E-state index in [-0.39, 0.29) is 11.5 Å². The number of likely N-dealkylation sites (tertiary alicyclic amines) is 1. The van der Waals surface area contributed by atoms with Crippen LogP contribution < -0.4 is 5.32 Å². The summed E-state index contributed by atoms with van der Waals surface area (Å²) in [6.07, 6.45) is 1.75. The lowest BCUT2D eigenvalue weighted by Crippen LogP contribution is -2.44. The van der Waals surface area contributed by atoms with Crippen molar-refractivity contribution in [2.75, 3.05) is 20.2 Å². The normalized spacial score (nSPS) is 16.6. The van der Waals surface area contributed by atoms with Crippen molar-refractivity contribution in [1.29, 1.82) is 0 Å². The molecule has 1 amide bonds. The minimum atomic E-state index is -0.212. The van der Waals surface area contributed by atoms with E-state index in [2.05, 4.69) is 50.4 Å². The van der Waals surface area contributed by atoms with Crippen molar-refractivity contribution in [3.63, 3.8) is 0 Å². The first-order chi connectivity index (χ1) is 10.4. The van der Waals surface area contributed by atoms with Crippen molar-refractivity contribution in [3.05, 3.63) is 35.4 Å². The van der Waals surface area contributed by atoms with Crippen LogP contribution in [0, 0.1) is 0 Å². The monoisotopic (exact) mass is 304 g/mol. The number of hydrogen-bond donors (Lipinski definition) is 1. The van der Waals surface area contributed by atoms with Gasteiger partial charge in [-0.15, -0.1) is 0 Å². The summed E-state index contributed by atoms with van der Waals surface area (Å²) in [4.78, 5) is 13.2. The van der Waals surface area contributed by atoms with Gasteiger partial charge in [-0.1, -0.05) is 45.0 Å². The van der Waals surface area contributed by atoms with Crippen LogP contribution in [0.25, 0.3) is 0 Å². The smallest absolute Gasteiger partial charge is 0.409 e. The Kier molecular flexibility index (Phi) is 5.46. The van der Waals surface area contributed by atoms with Crippen LogP contribution in [0.1, 0.15) is 44.7 Å². The van der Waals surface area contributed by atoms with E-state index in [1.165, 1.54) is 18.2 Å². The molecule has 1 N–H and O–H groups in total. The number of nitrogens with one attached hydrogen (secondary N) is 1. The number of ether oxygens (including phenoxy) is 1. The van der Waals surface area contributed by atoms with Crippen molar-refractivity contribution >= 4 is 6.09 Å². The van der Waals surface area contributed by atoms with Gasteiger partial charge in [-0.3, -0.25) is 0 Å². The Morgan fingerprint density at radius 2 is 1.82 bits per heavy atom.